The molecule has 1 atom stereocenters. The molecular formula is C22H22F3N5O. The van der Waals surface area contributed by atoms with Crippen LogP contribution in [0, 0.1) is 0 Å². The molecule has 31 heavy (non-hydrogen) atoms. The van der Waals surface area contributed by atoms with E-state index in [1.807, 2.05) is 35.6 Å². The average Bonchev–Trinajstić information content (AvgIpc) is 3.32. The second kappa shape index (κ2) is 7.64. The van der Waals surface area contributed by atoms with Crippen molar-refractivity contribution < 1.29 is 18.0 Å². The number of carbonyl (C=O) groups excluding carboxylic acids is 1. The van der Waals surface area contributed by atoms with Crippen molar-refractivity contribution in [2.75, 3.05) is 13.1 Å². The van der Waals surface area contributed by atoms with Crippen LogP contribution < -0.4 is 10.6 Å². The fourth-order valence-electron chi connectivity index (χ4n) is 4.12. The van der Waals surface area contributed by atoms with Gasteiger partial charge in [-0.05, 0) is 50.4 Å². The number of fused-ring (bicyclic) bond motifs is 1. The SMILES string of the molecule is O=C(NCC(F)(F)F)c1cc(C2CC2)nc2c1c(C1CCCN1)nn2-c1ccccc1. The van der Waals surface area contributed by atoms with Crippen LogP contribution >= 0.6 is 0 Å². The summed E-state index contributed by atoms with van der Waals surface area (Å²) in [4.78, 5) is 17.7. The van der Waals surface area contributed by atoms with E-state index in [2.05, 4.69) is 5.32 Å². The summed E-state index contributed by atoms with van der Waals surface area (Å²) < 4.78 is 40.0. The smallest absolute Gasteiger partial charge is 0.343 e. The molecule has 0 spiro atoms. The van der Waals surface area contributed by atoms with Gasteiger partial charge in [0.05, 0.1) is 28.4 Å². The second-order valence-corrected chi connectivity index (χ2v) is 8.15. The van der Waals surface area contributed by atoms with Crippen molar-refractivity contribution in [1.82, 2.24) is 25.4 Å². The van der Waals surface area contributed by atoms with Crippen LogP contribution in [0.1, 0.15) is 59.4 Å². The molecule has 0 radical (unpaired) electrons. The Labute approximate surface area is 176 Å². The van der Waals surface area contributed by atoms with E-state index < -0.39 is 18.6 Å². The van der Waals surface area contributed by atoms with Crippen molar-refractivity contribution in [2.45, 2.75) is 43.8 Å². The number of carbonyl (C=O) groups is 1. The van der Waals surface area contributed by atoms with Crippen LogP contribution in [-0.4, -0.2) is 39.9 Å². The summed E-state index contributed by atoms with van der Waals surface area (Å²) in [5.74, 6) is -0.524. The van der Waals surface area contributed by atoms with Gasteiger partial charge in [0.15, 0.2) is 5.65 Å². The molecule has 1 saturated heterocycles. The van der Waals surface area contributed by atoms with Crippen molar-refractivity contribution in [3.63, 3.8) is 0 Å². The Morgan fingerprint density at radius 1 is 1.19 bits per heavy atom. The summed E-state index contributed by atoms with van der Waals surface area (Å²) in [7, 11) is 0. The van der Waals surface area contributed by atoms with E-state index in [0.717, 1.165) is 43.6 Å². The standard InChI is InChI=1S/C22H22F3N5O/c23-22(24,25)12-27-21(31)15-11-17(13-8-9-13)28-20-18(15)19(16-7-4-10-26-16)29-30(20)14-5-2-1-3-6-14/h1-3,5-6,11,13,16,26H,4,7-10,12H2,(H,27,31). The van der Waals surface area contributed by atoms with Crippen LogP contribution in [0.3, 0.4) is 0 Å². The molecule has 1 saturated carbocycles. The van der Waals surface area contributed by atoms with Crippen LogP contribution in [0.2, 0.25) is 0 Å². The third kappa shape index (κ3) is 4.01. The lowest BCUT2D eigenvalue weighted by Gasteiger charge is -2.12. The zero-order chi connectivity index (χ0) is 21.6. The normalized spacial score (nSPS) is 19.1. The highest BCUT2D eigenvalue weighted by Crippen LogP contribution is 2.41. The van der Waals surface area contributed by atoms with E-state index in [9.17, 15) is 18.0 Å². The van der Waals surface area contributed by atoms with E-state index in [1.54, 1.807) is 10.7 Å². The Balaban J connectivity index is 1.70. The Hall–Kier alpha value is -2.94. The molecule has 2 fully saturated rings. The summed E-state index contributed by atoms with van der Waals surface area (Å²) in [5, 5.41) is 10.7. The fraction of sp³-hybridized carbons (Fsp3) is 0.409. The number of amides is 1. The maximum absolute atomic E-state index is 12.9. The van der Waals surface area contributed by atoms with E-state index in [4.69, 9.17) is 10.1 Å². The van der Waals surface area contributed by atoms with E-state index in [-0.39, 0.29) is 17.5 Å². The lowest BCUT2D eigenvalue weighted by atomic mass is 10.0. The minimum Gasteiger partial charge on any atom is -0.343 e. The van der Waals surface area contributed by atoms with Crippen molar-refractivity contribution in [2.24, 2.45) is 0 Å². The molecule has 2 aromatic heterocycles. The number of alkyl halides is 3. The molecule has 162 valence electrons. The molecule has 1 unspecified atom stereocenters. The van der Waals surface area contributed by atoms with Gasteiger partial charge in [0, 0.05) is 11.6 Å². The molecule has 1 amide bonds. The van der Waals surface area contributed by atoms with Crippen molar-refractivity contribution >= 4 is 16.9 Å². The predicted octanol–water partition coefficient (Wildman–Crippen LogP) is 4.01. The van der Waals surface area contributed by atoms with Crippen molar-refractivity contribution in [3.05, 3.63) is 53.3 Å². The molecule has 3 heterocycles. The summed E-state index contributed by atoms with van der Waals surface area (Å²) in [6.07, 6.45) is -0.759. The van der Waals surface area contributed by atoms with Gasteiger partial charge in [-0.3, -0.25) is 4.79 Å². The summed E-state index contributed by atoms with van der Waals surface area (Å²) >= 11 is 0. The highest BCUT2D eigenvalue weighted by Gasteiger charge is 2.33. The van der Waals surface area contributed by atoms with Crippen LogP contribution in [0.5, 0.6) is 0 Å². The fourth-order valence-corrected chi connectivity index (χ4v) is 4.12. The quantitative estimate of drug-likeness (QED) is 0.643. The number of aromatic nitrogens is 3. The molecule has 2 N–H and O–H groups in total. The minimum absolute atomic E-state index is 0.0739. The van der Waals surface area contributed by atoms with E-state index in [0.29, 0.717) is 16.7 Å². The van der Waals surface area contributed by atoms with Gasteiger partial charge in [-0.2, -0.15) is 18.3 Å². The van der Waals surface area contributed by atoms with Gasteiger partial charge in [0.2, 0.25) is 0 Å². The monoisotopic (exact) mass is 429 g/mol. The number of nitrogens with one attached hydrogen (secondary N) is 2. The van der Waals surface area contributed by atoms with Crippen molar-refractivity contribution in [1.29, 1.82) is 0 Å². The van der Waals surface area contributed by atoms with Gasteiger partial charge in [0.1, 0.15) is 6.54 Å². The first-order chi connectivity index (χ1) is 14.9. The number of halogens is 3. The number of para-hydroxylation sites is 1. The van der Waals surface area contributed by atoms with Crippen LogP contribution in [0.15, 0.2) is 36.4 Å². The first-order valence-electron chi connectivity index (χ1n) is 10.5. The molecule has 1 aliphatic carbocycles. The van der Waals surface area contributed by atoms with Gasteiger partial charge < -0.3 is 10.6 Å². The maximum Gasteiger partial charge on any atom is 0.405 e. The highest BCUT2D eigenvalue weighted by molar-refractivity contribution is 6.07. The van der Waals surface area contributed by atoms with E-state index in [1.165, 1.54) is 0 Å². The topological polar surface area (TPSA) is 71.8 Å². The Bertz CT molecular complexity index is 1120. The molecule has 5 rings (SSSR count). The van der Waals surface area contributed by atoms with Crippen LogP contribution in [0.25, 0.3) is 16.7 Å². The molecule has 2 aliphatic rings. The van der Waals surface area contributed by atoms with E-state index >= 15 is 0 Å². The van der Waals surface area contributed by atoms with Gasteiger partial charge in [-0.15, -0.1) is 0 Å². The predicted molar refractivity (Wildman–Crippen MR) is 109 cm³/mol. The first-order valence-corrected chi connectivity index (χ1v) is 10.5. The molecule has 9 heteroatoms. The number of pyridine rings is 1. The third-order valence-electron chi connectivity index (χ3n) is 5.77. The molecule has 6 nitrogen and oxygen atoms in total. The highest BCUT2D eigenvalue weighted by atomic mass is 19.4. The van der Waals surface area contributed by atoms with Gasteiger partial charge in [-0.25, -0.2) is 9.67 Å². The minimum atomic E-state index is -4.48. The van der Waals surface area contributed by atoms with Gasteiger partial charge >= 0.3 is 6.18 Å². The van der Waals surface area contributed by atoms with Crippen molar-refractivity contribution in [3.8, 4) is 5.69 Å². The summed E-state index contributed by atoms with van der Waals surface area (Å²) in [5.41, 5.74) is 2.90. The Morgan fingerprint density at radius 3 is 2.61 bits per heavy atom. The molecule has 3 aromatic rings. The molecule has 1 aromatic carbocycles. The number of rotatable bonds is 5. The number of hydrogen-bond donors (Lipinski definition) is 2. The average molecular weight is 429 g/mol. The summed E-state index contributed by atoms with van der Waals surface area (Å²) in [6, 6.07) is 11.0. The zero-order valence-electron chi connectivity index (χ0n) is 16.7. The van der Waals surface area contributed by atoms with Gasteiger partial charge in [-0.1, -0.05) is 18.2 Å². The van der Waals surface area contributed by atoms with Crippen LogP contribution in [-0.2, 0) is 0 Å². The number of hydrogen-bond acceptors (Lipinski definition) is 4. The maximum atomic E-state index is 12.9. The second-order valence-electron chi connectivity index (χ2n) is 8.15. The first kappa shape index (κ1) is 20.0. The number of nitrogens with zero attached hydrogens (tertiary/aromatic N) is 3. The zero-order valence-corrected chi connectivity index (χ0v) is 16.7. The Kier molecular flexibility index (Phi) is 4.92. The number of benzene rings is 1. The summed E-state index contributed by atoms with van der Waals surface area (Å²) in [6.45, 7) is -0.550. The molecule has 0 bridgehead atoms. The lowest BCUT2D eigenvalue weighted by Crippen LogP contribution is -2.34. The Morgan fingerprint density at radius 2 is 1.97 bits per heavy atom. The molecule has 1 aliphatic heterocycles. The third-order valence-corrected chi connectivity index (χ3v) is 5.77. The van der Waals surface area contributed by atoms with Gasteiger partial charge in [0.25, 0.3) is 5.91 Å². The largest absolute Gasteiger partial charge is 0.405 e. The molecular weight excluding hydrogens is 407 g/mol. The lowest BCUT2D eigenvalue weighted by molar-refractivity contribution is -0.123. The van der Waals surface area contributed by atoms with Crippen LogP contribution in [0.4, 0.5) is 13.2 Å².